The van der Waals surface area contributed by atoms with Crippen LogP contribution in [-0.4, -0.2) is 67.7 Å². The molecule has 0 saturated carbocycles. The number of phenols is 3. The van der Waals surface area contributed by atoms with Gasteiger partial charge in [0.25, 0.3) is 5.56 Å². The monoisotopic (exact) mass is 706 g/mol. The summed E-state index contributed by atoms with van der Waals surface area (Å²) in [5.41, 5.74) is -1.37. The molecule has 0 radical (unpaired) electrons. The Bertz CT molecular complexity index is 2650. The number of aromatic amines is 2. The number of hydrogen-bond donors (Lipinski definition) is 6. The summed E-state index contributed by atoms with van der Waals surface area (Å²) in [7, 11) is 1.12. The van der Waals surface area contributed by atoms with Crippen molar-refractivity contribution in [2.24, 2.45) is 5.10 Å². The Labute approximate surface area is 290 Å². The van der Waals surface area contributed by atoms with Crippen LogP contribution >= 0.6 is 11.6 Å². The Kier molecular flexibility index (Phi) is 6.83. The molecule has 8 rings (SSSR count). The average Bonchev–Trinajstić information content (AvgIpc) is 3.74. The molecule has 254 valence electrons. The number of nitrogens with zero attached hydrogens (tertiary/aromatic N) is 1. The number of aromatic nitrogens is 2. The molecule has 3 aliphatic rings. The summed E-state index contributed by atoms with van der Waals surface area (Å²) >= 11 is 6.09. The number of carbonyl (C=O) groups is 5. The van der Waals surface area contributed by atoms with Crippen molar-refractivity contribution < 1.29 is 44.0 Å². The number of hydrogen-bond acceptors (Lipinski definition) is 11. The molecule has 14 nitrogen and oxygen atoms in total. The van der Waals surface area contributed by atoms with Crippen molar-refractivity contribution in [2.75, 3.05) is 7.11 Å². The molecule has 51 heavy (non-hydrogen) atoms. The van der Waals surface area contributed by atoms with Crippen molar-refractivity contribution in [2.45, 2.75) is 24.7 Å². The zero-order chi connectivity index (χ0) is 36.1. The first-order valence-corrected chi connectivity index (χ1v) is 15.8. The number of ketones is 4. The average molecular weight is 707 g/mol. The molecular weight excluding hydrogens is 684 g/mol. The lowest BCUT2D eigenvalue weighted by molar-refractivity contribution is -0.120. The van der Waals surface area contributed by atoms with Crippen molar-refractivity contribution in [3.63, 3.8) is 0 Å². The van der Waals surface area contributed by atoms with Crippen molar-refractivity contribution in [1.29, 1.82) is 0 Å². The van der Waals surface area contributed by atoms with Gasteiger partial charge in [0.2, 0.25) is 11.7 Å². The van der Waals surface area contributed by atoms with Crippen molar-refractivity contribution >= 4 is 68.5 Å². The van der Waals surface area contributed by atoms with E-state index in [0.29, 0.717) is 16.1 Å². The molecule has 1 atom stereocenters. The van der Waals surface area contributed by atoms with Gasteiger partial charge in [0, 0.05) is 33.8 Å². The maximum Gasteiger partial charge on any atom is 0.260 e. The van der Waals surface area contributed by atoms with Crippen molar-refractivity contribution in [3.05, 3.63) is 108 Å². The second-order valence-electron chi connectivity index (χ2n) is 12.4. The number of benzene rings is 3. The lowest BCUT2D eigenvalue weighted by atomic mass is 9.76. The summed E-state index contributed by atoms with van der Waals surface area (Å²) < 4.78 is 4.93. The van der Waals surface area contributed by atoms with E-state index in [4.69, 9.17) is 16.3 Å². The Morgan fingerprint density at radius 1 is 1.00 bits per heavy atom. The van der Waals surface area contributed by atoms with Gasteiger partial charge in [0.1, 0.15) is 22.7 Å². The standard InChI is InChI=1S/C36H23ClN4O10/c1-51-21-10-20(42)24-25(29(21)44)31(46)27-26(30(24)45)33(48)36(34(27)49)5-4-13-6-14-7-17(40-35(50)23(14)32(47)28(13)36)12-39-41-22(43)8-15-11-38-19-3-2-16(37)9-18(15)19/h2-3,6-7,9-12,38,45-47H,4-5,8H2,1H3,(H,40,50)(H,41,43)/t36-/m0/s1. The maximum absolute atomic E-state index is 14.2. The highest BCUT2D eigenvalue weighted by Gasteiger charge is 2.61. The Hall–Kier alpha value is -6.54. The fourth-order valence-corrected chi connectivity index (χ4v) is 7.68. The van der Waals surface area contributed by atoms with Gasteiger partial charge in [0.05, 0.1) is 53.1 Å². The number of ether oxygens (including phenoxy) is 1. The first-order valence-electron chi connectivity index (χ1n) is 15.4. The van der Waals surface area contributed by atoms with Crippen LogP contribution in [0.4, 0.5) is 0 Å². The third-order valence-corrected chi connectivity index (χ3v) is 9.97. The predicted molar refractivity (Wildman–Crippen MR) is 181 cm³/mol. The summed E-state index contributed by atoms with van der Waals surface area (Å²) in [5.74, 6) is -7.37. The SMILES string of the molecule is COC1=CC(=O)c2c(O)c3c(c(O)c2C1=O)C(=O)[C@]1(CCc2cc4cc(C=NNC(=O)Cc5c[nH]c6ccc(Cl)cc56)[nH]c(=O)c4c(O)c21)C3=O. The van der Waals surface area contributed by atoms with E-state index in [0.717, 1.165) is 24.1 Å². The van der Waals surface area contributed by atoms with Gasteiger partial charge in [-0.05, 0) is 53.6 Å². The molecule has 1 amide bonds. The number of halogens is 1. The molecule has 0 unspecified atom stereocenters. The fraction of sp³-hybridized carbons (Fsp3) is 0.139. The van der Waals surface area contributed by atoms with Gasteiger partial charge >= 0.3 is 0 Å². The number of hydrazone groups is 1. The smallest absolute Gasteiger partial charge is 0.260 e. The first kappa shape index (κ1) is 31.7. The van der Waals surface area contributed by atoms with Gasteiger partial charge in [-0.2, -0.15) is 5.10 Å². The number of pyridine rings is 1. The Morgan fingerprint density at radius 3 is 2.45 bits per heavy atom. The number of allylic oxidation sites excluding steroid dienone is 2. The van der Waals surface area contributed by atoms with Gasteiger partial charge in [-0.3, -0.25) is 28.8 Å². The number of methoxy groups -OCH3 is 1. The number of H-pyrrole nitrogens is 2. The fourth-order valence-electron chi connectivity index (χ4n) is 7.51. The van der Waals surface area contributed by atoms with E-state index in [2.05, 4.69) is 20.5 Å². The summed E-state index contributed by atoms with van der Waals surface area (Å²) in [6.07, 6.45) is 3.57. The molecule has 2 aromatic heterocycles. The number of phenolic OH excluding ortho intramolecular Hbond substituents is 3. The van der Waals surface area contributed by atoms with Crippen molar-refractivity contribution in [3.8, 4) is 17.2 Å². The van der Waals surface area contributed by atoms with Gasteiger partial charge in [0.15, 0.2) is 23.1 Å². The maximum atomic E-state index is 14.2. The predicted octanol–water partition coefficient (Wildman–Crippen LogP) is 3.64. The van der Waals surface area contributed by atoms with E-state index in [1.165, 1.54) is 18.3 Å². The third kappa shape index (κ3) is 4.32. The summed E-state index contributed by atoms with van der Waals surface area (Å²) in [6.45, 7) is 0. The summed E-state index contributed by atoms with van der Waals surface area (Å²) in [6, 6.07) is 8.28. The lowest BCUT2D eigenvalue weighted by Crippen LogP contribution is -2.36. The van der Waals surface area contributed by atoms with Crippen LogP contribution in [0.1, 0.15) is 70.2 Å². The Balaban J connectivity index is 1.13. The molecule has 3 aromatic carbocycles. The minimum atomic E-state index is -2.16. The van der Waals surface area contributed by atoms with Crippen LogP contribution < -0.4 is 11.0 Å². The number of amides is 1. The topological polar surface area (TPSA) is 228 Å². The van der Waals surface area contributed by atoms with Crippen LogP contribution in [0.25, 0.3) is 21.7 Å². The molecule has 5 aromatic rings. The Morgan fingerprint density at radius 2 is 1.73 bits per heavy atom. The molecular formula is C36H23ClN4O10. The van der Waals surface area contributed by atoms with Gasteiger partial charge < -0.3 is 30.0 Å². The summed E-state index contributed by atoms with van der Waals surface area (Å²) in [4.78, 5) is 85.8. The van der Waals surface area contributed by atoms with Crippen molar-refractivity contribution in [1.82, 2.24) is 15.4 Å². The van der Waals surface area contributed by atoms with E-state index in [1.807, 2.05) is 0 Å². The zero-order valence-corrected chi connectivity index (χ0v) is 27.0. The number of aryl methyl sites for hydroxylation is 1. The van der Waals surface area contributed by atoms with E-state index >= 15 is 0 Å². The molecule has 1 spiro atoms. The quantitative estimate of drug-likeness (QED) is 0.0673. The van der Waals surface area contributed by atoms with Gasteiger partial charge in [-0.15, -0.1) is 0 Å². The number of fused-ring (bicyclic) bond motifs is 6. The van der Waals surface area contributed by atoms with E-state index < -0.39 is 85.3 Å². The molecule has 0 fully saturated rings. The molecule has 0 saturated heterocycles. The number of nitrogens with one attached hydrogen (secondary N) is 3. The molecule has 15 heteroatoms. The highest BCUT2D eigenvalue weighted by molar-refractivity contribution is 6.39. The highest BCUT2D eigenvalue weighted by atomic mass is 35.5. The second-order valence-corrected chi connectivity index (χ2v) is 12.9. The van der Waals surface area contributed by atoms with E-state index in [-0.39, 0.29) is 41.3 Å². The zero-order valence-electron chi connectivity index (χ0n) is 26.3. The number of aromatic hydroxyl groups is 3. The minimum Gasteiger partial charge on any atom is -0.507 e. The normalized spacial score (nSPS) is 17.8. The lowest BCUT2D eigenvalue weighted by Gasteiger charge is -2.22. The summed E-state index contributed by atoms with van der Waals surface area (Å²) in [5, 5.41) is 39.1. The largest absolute Gasteiger partial charge is 0.507 e. The molecule has 3 aliphatic carbocycles. The second kappa shape index (κ2) is 11.0. The van der Waals surface area contributed by atoms with Crippen LogP contribution in [0.15, 0.2) is 58.3 Å². The molecule has 0 bridgehead atoms. The van der Waals surface area contributed by atoms with Crippen LogP contribution in [0.2, 0.25) is 5.02 Å². The van der Waals surface area contributed by atoms with Gasteiger partial charge in [-0.1, -0.05) is 17.7 Å². The number of carbonyl (C=O) groups excluding carboxylic acids is 5. The molecule has 0 aliphatic heterocycles. The highest BCUT2D eigenvalue weighted by Crippen LogP contribution is 2.57. The van der Waals surface area contributed by atoms with E-state index in [1.54, 1.807) is 24.4 Å². The molecule has 2 heterocycles. The van der Waals surface area contributed by atoms with Crippen LogP contribution in [0, 0.1) is 0 Å². The van der Waals surface area contributed by atoms with Crippen LogP contribution in [0.3, 0.4) is 0 Å². The molecule has 6 N–H and O–H groups in total. The van der Waals surface area contributed by atoms with Crippen LogP contribution in [0.5, 0.6) is 17.2 Å². The number of Topliss-reactive ketones (excluding diaryl/α,β-unsaturated/α-hetero) is 3. The van der Waals surface area contributed by atoms with E-state index in [9.17, 15) is 44.1 Å². The third-order valence-electron chi connectivity index (χ3n) is 9.73. The van der Waals surface area contributed by atoms with Crippen LogP contribution in [-0.2, 0) is 27.8 Å². The minimum absolute atomic E-state index is 0.00907. The van der Waals surface area contributed by atoms with Gasteiger partial charge in [-0.25, -0.2) is 5.43 Å². The first-order chi connectivity index (χ1) is 24.4. The number of rotatable bonds is 5.